The van der Waals surface area contributed by atoms with Crippen molar-refractivity contribution in [1.29, 1.82) is 0 Å². The van der Waals surface area contributed by atoms with E-state index in [0.29, 0.717) is 18.1 Å². The van der Waals surface area contributed by atoms with Crippen LogP contribution in [0.3, 0.4) is 0 Å². The molecule has 1 fully saturated rings. The van der Waals surface area contributed by atoms with Crippen molar-refractivity contribution in [2.75, 3.05) is 0 Å². The van der Waals surface area contributed by atoms with Crippen LogP contribution in [0.5, 0.6) is 0 Å². The van der Waals surface area contributed by atoms with E-state index in [4.69, 9.17) is 0 Å². The molecule has 0 saturated carbocycles. The molecule has 3 N–H and O–H groups in total. The summed E-state index contributed by atoms with van der Waals surface area (Å²) in [4.78, 5) is 31.3. The van der Waals surface area contributed by atoms with Crippen molar-refractivity contribution in [3.63, 3.8) is 0 Å². The zero-order valence-corrected chi connectivity index (χ0v) is 10.6. The van der Waals surface area contributed by atoms with Crippen molar-refractivity contribution in [3.8, 4) is 0 Å². The number of carbonyl (C=O) groups excluding carboxylic acids is 2. The second kappa shape index (κ2) is 5.47. The summed E-state index contributed by atoms with van der Waals surface area (Å²) in [7, 11) is 0. The SMILES string of the molecule is C=C1NC(=O)C(CC(=O)NCc2cnc(C)cn2)N1. The highest BCUT2D eigenvalue weighted by Crippen LogP contribution is 2.03. The Kier molecular flexibility index (Phi) is 3.74. The molecule has 1 aromatic heterocycles. The van der Waals surface area contributed by atoms with Gasteiger partial charge < -0.3 is 16.0 Å². The summed E-state index contributed by atoms with van der Waals surface area (Å²) in [6.45, 7) is 5.70. The summed E-state index contributed by atoms with van der Waals surface area (Å²) in [6.07, 6.45) is 3.31. The van der Waals surface area contributed by atoms with Gasteiger partial charge in [-0.25, -0.2) is 0 Å². The average Bonchev–Trinajstić information content (AvgIpc) is 2.67. The largest absolute Gasteiger partial charge is 0.360 e. The number of nitrogens with zero attached hydrogens (tertiary/aromatic N) is 2. The second-order valence-corrected chi connectivity index (χ2v) is 4.29. The summed E-state index contributed by atoms with van der Waals surface area (Å²) in [5.74, 6) is -0.0489. The smallest absolute Gasteiger partial charge is 0.248 e. The summed E-state index contributed by atoms with van der Waals surface area (Å²) in [6, 6.07) is -0.559. The van der Waals surface area contributed by atoms with Crippen LogP contribution in [0.25, 0.3) is 0 Å². The van der Waals surface area contributed by atoms with Gasteiger partial charge in [0.1, 0.15) is 6.04 Å². The minimum absolute atomic E-state index is 0.0597. The molecule has 2 heterocycles. The van der Waals surface area contributed by atoms with Gasteiger partial charge in [-0.3, -0.25) is 19.6 Å². The lowest BCUT2D eigenvalue weighted by Gasteiger charge is -2.08. The van der Waals surface area contributed by atoms with Gasteiger partial charge in [0.15, 0.2) is 0 Å². The van der Waals surface area contributed by atoms with Gasteiger partial charge in [-0.1, -0.05) is 6.58 Å². The van der Waals surface area contributed by atoms with Crippen molar-refractivity contribution in [2.45, 2.75) is 25.9 Å². The molecule has 0 aromatic carbocycles. The predicted octanol–water partition coefficient (Wildman–Crippen LogP) is -0.649. The van der Waals surface area contributed by atoms with Gasteiger partial charge in [-0.15, -0.1) is 0 Å². The third kappa shape index (κ3) is 3.51. The highest BCUT2D eigenvalue weighted by Gasteiger charge is 2.27. The summed E-state index contributed by atoms with van der Waals surface area (Å²) < 4.78 is 0. The van der Waals surface area contributed by atoms with Crippen LogP contribution in [-0.2, 0) is 16.1 Å². The molecule has 2 amide bonds. The number of carbonyl (C=O) groups is 2. The first-order valence-corrected chi connectivity index (χ1v) is 5.85. The molecule has 19 heavy (non-hydrogen) atoms. The Morgan fingerprint density at radius 2 is 2.26 bits per heavy atom. The van der Waals surface area contributed by atoms with E-state index in [2.05, 4.69) is 32.5 Å². The van der Waals surface area contributed by atoms with E-state index in [1.165, 1.54) is 0 Å². The maximum atomic E-state index is 11.7. The van der Waals surface area contributed by atoms with E-state index in [1.54, 1.807) is 12.4 Å². The van der Waals surface area contributed by atoms with Crippen LogP contribution < -0.4 is 16.0 Å². The van der Waals surface area contributed by atoms with Crippen molar-refractivity contribution in [2.24, 2.45) is 0 Å². The third-order valence-electron chi connectivity index (χ3n) is 2.63. The average molecular weight is 261 g/mol. The number of amides is 2. The van der Waals surface area contributed by atoms with E-state index in [1.807, 2.05) is 6.92 Å². The van der Waals surface area contributed by atoms with Crippen molar-refractivity contribution >= 4 is 11.8 Å². The molecular formula is C12H15N5O2. The number of hydrogen-bond donors (Lipinski definition) is 3. The van der Waals surface area contributed by atoms with E-state index >= 15 is 0 Å². The van der Waals surface area contributed by atoms with E-state index in [9.17, 15) is 9.59 Å². The normalized spacial score (nSPS) is 17.8. The molecule has 0 spiro atoms. The summed E-state index contributed by atoms with van der Waals surface area (Å²) in [5, 5.41) is 7.99. The molecule has 7 nitrogen and oxygen atoms in total. The van der Waals surface area contributed by atoms with Crippen LogP contribution in [0.15, 0.2) is 24.8 Å². The number of nitrogens with one attached hydrogen (secondary N) is 3. The van der Waals surface area contributed by atoms with Crippen LogP contribution in [0.1, 0.15) is 17.8 Å². The van der Waals surface area contributed by atoms with Crippen LogP contribution >= 0.6 is 0 Å². The Morgan fingerprint density at radius 3 is 2.84 bits per heavy atom. The fraction of sp³-hybridized carbons (Fsp3) is 0.333. The first kappa shape index (κ1) is 13.0. The monoisotopic (exact) mass is 261 g/mol. The molecule has 100 valence electrons. The second-order valence-electron chi connectivity index (χ2n) is 4.29. The van der Waals surface area contributed by atoms with Gasteiger partial charge in [-0.2, -0.15) is 0 Å². The Bertz CT molecular complexity index is 511. The van der Waals surface area contributed by atoms with E-state index in [-0.39, 0.29) is 18.2 Å². The van der Waals surface area contributed by atoms with Gasteiger partial charge in [0, 0.05) is 6.20 Å². The molecule has 1 aliphatic heterocycles. The maximum Gasteiger partial charge on any atom is 0.248 e. The molecule has 1 saturated heterocycles. The molecule has 0 bridgehead atoms. The molecule has 1 aliphatic rings. The minimum Gasteiger partial charge on any atom is -0.360 e. The number of rotatable bonds is 4. The van der Waals surface area contributed by atoms with Gasteiger partial charge in [-0.05, 0) is 6.92 Å². The summed E-state index contributed by atoms with van der Waals surface area (Å²) >= 11 is 0. The Hall–Kier alpha value is -2.44. The molecule has 1 aromatic rings. The maximum absolute atomic E-state index is 11.7. The van der Waals surface area contributed by atoms with Crippen LogP contribution in [-0.4, -0.2) is 27.8 Å². The standard InChI is InChI=1S/C12H15N5O2/c1-7-4-14-9(5-13-7)6-15-11(18)3-10-12(19)17-8(2)16-10/h4-5,10,16H,2-3,6H2,1H3,(H,15,18)(H,17,19). The lowest BCUT2D eigenvalue weighted by molar-refractivity contribution is -0.126. The molecular weight excluding hydrogens is 246 g/mol. The van der Waals surface area contributed by atoms with Crippen molar-refractivity contribution in [3.05, 3.63) is 36.2 Å². The van der Waals surface area contributed by atoms with Crippen LogP contribution in [0.2, 0.25) is 0 Å². The third-order valence-corrected chi connectivity index (χ3v) is 2.63. The molecule has 1 unspecified atom stereocenters. The van der Waals surface area contributed by atoms with Gasteiger partial charge in [0.25, 0.3) is 0 Å². The Morgan fingerprint density at radius 1 is 1.47 bits per heavy atom. The van der Waals surface area contributed by atoms with E-state index < -0.39 is 6.04 Å². The van der Waals surface area contributed by atoms with Crippen LogP contribution in [0, 0.1) is 6.92 Å². The molecule has 1 atom stereocenters. The highest BCUT2D eigenvalue weighted by atomic mass is 16.2. The highest BCUT2D eigenvalue weighted by molar-refractivity contribution is 5.91. The molecule has 0 aliphatic carbocycles. The summed E-state index contributed by atoms with van der Waals surface area (Å²) in [5.41, 5.74) is 1.49. The van der Waals surface area contributed by atoms with Gasteiger partial charge in [0.2, 0.25) is 11.8 Å². The Balaban J connectivity index is 1.80. The fourth-order valence-electron chi connectivity index (χ4n) is 1.65. The fourth-order valence-corrected chi connectivity index (χ4v) is 1.65. The number of hydrogen-bond acceptors (Lipinski definition) is 5. The van der Waals surface area contributed by atoms with Gasteiger partial charge >= 0.3 is 0 Å². The number of aromatic nitrogens is 2. The first-order valence-electron chi connectivity index (χ1n) is 5.85. The lowest BCUT2D eigenvalue weighted by Crippen LogP contribution is -2.35. The topological polar surface area (TPSA) is 96.0 Å². The molecule has 2 rings (SSSR count). The quantitative estimate of drug-likeness (QED) is 0.669. The van der Waals surface area contributed by atoms with Crippen LogP contribution in [0.4, 0.5) is 0 Å². The first-order chi connectivity index (χ1) is 9.04. The van der Waals surface area contributed by atoms with Gasteiger partial charge in [0.05, 0.1) is 36.4 Å². The zero-order valence-electron chi connectivity index (χ0n) is 10.6. The van der Waals surface area contributed by atoms with E-state index in [0.717, 1.165) is 5.69 Å². The molecule has 0 radical (unpaired) electrons. The lowest BCUT2D eigenvalue weighted by atomic mass is 10.2. The number of aryl methyl sites for hydroxylation is 1. The minimum atomic E-state index is -0.559. The predicted molar refractivity (Wildman–Crippen MR) is 67.4 cm³/mol. The molecule has 7 heteroatoms. The zero-order chi connectivity index (χ0) is 13.8. The Labute approximate surface area is 110 Å². The van der Waals surface area contributed by atoms with Crippen molar-refractivity contribution < 1.29 is 9.59 Å². The van der Waals surface area contributed by atoms with Crippen molar-refractivity contribution in [1.82, 2.24) is 25.9 Å².